The molecule has 0 amide bonds. The van der Waals surface area contributed by atoms with Gasteiger partial charge in [-0.25, -0.2) is 0 Å². The van der Waals surface area contributed by atoms with Crippen LogP contribution in [0, 0.1) is 0 Å². The molecule has 3 heteroatoms. The van der Waals surface area contributed by atoms with Crippen LogP contribution in [0.4, 0.5) is 0 Å². The number of aliphatic carboxylic acids is 1. The van der Waals surface area contributed by atoms with Crippen molar-refractivity contribution in [3.05, 3.63) is 71.3 Å². The van der Waals surface area contributed by atoms with Gasteiger partial charge in [-0.1, -0.05) is 48.5 Å². The molecule has 0 aliphatic rings. The highest BCUT2D eigenvalue weighted by molar-refractivity contribution is 6.09. The van der Waals surface area contributed by atoms with E-state index in [1.54, 1.807) is 55.5 Å². The molecule has 1 N–H and O–H groups in total. The highest BCUT2D eigenvalue weighted by Gasteiger charge is 2.16. The lowest BCUT2D eigenvalue weighted by atomic mass is 9.98. The average molecular weight is 255 g/mol. The second kappa shape index (κ2) is 5.48. The summed E-state index contributed by atoms with van der Waals surface area (Å²) in [6.07, 6.45) is 0. The normalized spacial score (nSPS) is 11.8. The zero-order valence-electron chi connectivity index (χ0n) is 10.5. The summed E-state index contributed by atoms with van der Waals surface area (Å²) in [7, 11) is 0. The van der Waals surface area contributed by atoms with E-state index in [1.165, 1.54) is 0 Å². The summed E-state index contributed by atoms with van der Waals surface area (Å²) in [5.74, 6) is -1.62. The molecule has 0 heterocycles. The fourth-order valence-electron chi connectivity index (χ4n) is 1.85. The average Bonchev–Trinajstić information content (AvgIpc) is 2.46. The van der Waals surface area contributed by atoms with Crippen molar-refractivity contribution in [3.63, 3.8) is 0 Å². The standard InChI is InChI=1S/C16H14O3/c1-11(16(18)19)13-8-5-9-14(10-13)15(17)12-6-3-2-4-7-12/h2-11H,1H3,(H,18,19)/i16+1. The van der Waals surface area contributed by atoms with Gasteiger partial charge in [-0.05, 0) is 18.6 Å². The number of rotatable bonds is 4. The Kier molecular flexibility index (Phi) is 3.76. The number of carboxylic acid groups (broad SMARTS) is 1. The third kappa shape index (κ3) is 2.88. The van der Waals surface area contributed by atoms with Gasteiger partial charge < -0.3 is 5.11 Å². The third-order valence-corrected chi connectivity index (χ3v) is 3.06. The lowest BCUT2D eigenvalue weighted by Gasteiger charge is -2.08. The summed E-state index contributed by atoms with van der Waals surface area (Å²) in [5.41, 5.74) is 1.74. The number of hydrogen-bond acceptors (Lipinski definition) is 2. The first-order valence-electron chi connectivity index (χ1n) is 6.02. The second-order valence-electron chi connectivity index (χ2n) is 4.38. The molecule has 0 aromatic heterocycles. The fraction of sp³-hybridized carbons (Fsp3) is 0.125. The van der Waals surface area contributed by atoms with E-state index < -0.39 is 11.9 Å². The molecule has 19 heavy (non-hydrogen) atoms. The van der Waals surface area contributed by atoms with E-state index in [4.69, 9.17) is 5.11 Å². The summed E-state index contributed by atoms with van der Waals surface area (Å²) >= 11 is 0. The van der Waals surface area contributed by atoms with Crippen molar-refractivity contribution < 1.29 is 14.7 Å². The lowest BCUT2D eigenvalue weighted by Crippen LogP contribution is -2.09. The van der Waals surface area contributed by atoms with Gasteiger partial charge in [0.1, 0.15) is 0 Å². The van der Waals surface area contributed by atoms with Gasteiger partial charge in [0.25, 0.3) is 0 Å². The van der Waals surface area contributed by atoms with Crippen LogP contribution in [0.5, 0.6) is 0 Å². The van der Waals surface area contributed by atoms with E-state index in [2.05, 4.69) is 0 Å². The topological polar surface area (TPSA) is 54.4 Å². The van der Waals surface area contributed by atoms with Gasteiger partial charge in [-0.3, -0.25) is 9.59 Å². The van der Waals surface area contributed by atoms with Crippen molar-refractivity contribution in [3.8, 4) is 0 Å². The van der Waals surface area contributed by atoms with E-state index in [1.807, 2.05) is 6.07 Å². The molecule has 0 fully saturated rings. The molecule has 0 spiro atoms. The molecule has 2 aromatic carbocycles. The largest absolute Gasteiger partial charge is 0.481 e. The molecule has 1 atom stereocenters. The summed E-state index contributed by atoms with van der Waals surface area (Å²) < 4.78 is 0. The summed E-state index contributed by atoms with van der Waals surface area (Å²) in [4.78, 5) is 23.2. The molecule has 3 nitrogen and oxygen atoms in total. The lowest BCUT2D eigenvalue weighted by molar-refractivity contribution is -0.138. The van der Waals surface area contributed by atoms with Crippen LogP contribution in [0.3, 0.4) is 0 Å². The van der Waals surface area contributed by atoms with Crippen LogP contribution in [0.15, 0.2) is 54.6 Å². The zero-order valence-corrected chi connectivity index (χ0v) is 10.5. The Morgan fingerprint density at radius 2 is 1.58 bits per heavy atom. The minimum Gasteiger partial charge on any atom is -0.481 e. The predicted octanol–water partition coefficient (Wildman–Crippen LogP) is 3.11. The van der Waals surface area contributed by atoms with E-state index in [0.717, 1.165) is 0 Å². The first-order valence-corrected chi connectivity index (χ1v) is 6.02. The predicted molar refractivity (Wildman–Crippen MR) is 72.4 cm³/mol. The number of benzene rings is 2. The summed E-state index contributed by atoms with van der Waals surface area (Å²) in [6, 6.07) is 15.7. The monoisotopic (exact) mass is 255 g/mol. The van der Waals surface area contributed by atoms with Crippen LogP contribution in [0.25, 0.3) is 0 Å². The number of carbonyl (C=O) groups is 2. The Morgan fingerprint density at radius 3 is 2.21 bits per heavy atom. The molecular weight excluding hydrogens is 241 g/mol. The Labute approximate surface area is 111 Å². The Morgan fingerprint density at radius 1 is 0.947 bits per heavy atom. The smallest absolute Gasteiger partial charge is 0.310 e. The van der Waals surface area contributed by atoms with E-state index >= 15 is 0 Å². The maximum atomic E-state index is 12.2. The van der Waals surface area contributed by atoms with Crippen LogP contribution in [-0.2, 0) is 4.79 Å². The number of ketones is 1. The Hall–Kier alpha value is -2.42. The van der Waals surface area contributed by atoms with Gasteiger partial charge >= 0.3 is 5.97 Å². The van der Waals surface area contributed by atoms with Crippen molar-refractivity contribution in [2.24, 2.45) is 0 Å². The van der Waals surface area contributed by atoms with Gasteiger partial charge in [0, 0.05) is 11.1 Å². The molecule has 0 aliphatic carbocycles. The highest BCUT2D eigenvalue weighted by atomic mass is 16.5. The highest BCUT2D eigenvalue weighted by Crippen LogP contribution is 2.18. The molecule has 0 bridgehead atoms. The summed E-state index contributed by atoms with van der Waals surface area (Å²) in [5, 5.41) is 9.00. The molecule has 0 radical (unpaired) electrons. The summed E-state index contributed by atoms with van der Waals surface area (Å²) in [6.45, 7) is 1.61. The van der Waals surface area contributed by atoms with E-state index in [-0.39, 0.29) is 5.78 Å². The molecule has 1 unspecified atom stereocenters. The molecule has 2 aromatic rings. The van der Waals surface area contributed by atoms with E-state index in [9.17, 15) is 9.59 Å². The molecular formula is C16H14O3. The number of carbonyl (C=O) groups excluding carboxylic acids is 1. The van der Waals surface area contributed by atoms with Crippen molar-refractivity contribution in [1.82, 2.24) is 0 Å². The maximum absolute atomic E-state index is 12.2. The quantitative estimate of drug-likeness (QED) is 0.674. The minimum atomic E-state index is -0.899. The van der Waals surface area contributed by atoms with Crippen molar-refractivity contribution in [2.45, 2.75) is 12.8 Å². The minimum absolute atomic E-state index is 0.0972. The maximum Gasteiger partial charge on any atom is 0.310 e. The van der Waals surface area contributed by atoms with Gasteiger partial charge in [0.2, 0.25) is 0 Å². The second-order valence-corrected chi connectivity index (χ2v) is 4.38. The van der Waals surface area contributed by atoms with Crippen LogP contribution in [-0.4, -0.2) is 16.9 Å². The van der Waals surface area contributed by atoms with Gasteiger partial charge in [0.15, 0.2) is 5.78 Å². The van der Waals surface area contributed by atoms with Crippen molar-refractivity contribution in [1.29, 1.82) is 0 Å². The van der Waals surface area contributed by atoms with Crippen molar-refractivity contribution in [2.75, 3.05) is 0 Å². The van der Waals surface area contributed by atoms with Gasteiger partial charge in [-0.2, -0.15) is 0 Å². The molecule has 0 saturated carbocycles. The molecule has 0 saturated heterocycles. The zero-order chi connectivity index (χ0) is 13.8. The Balaban J connectivity index is 2.34. The first-order chi connectivity index (χ1) is 9.09. The first kappa shape index (κ1) is 13.0. The van der Waals surface area contributed by atoms with Crippen LogP contribution in [0.2, 0.25) is 0 Å². The Bertz CT molecular complexity index is 602. The number of hydrogen-bond donors (Lipinski definition) is 1. The molecule has 0 aliphatic heterocycles. The molecule has 96 valence electrons. The van der Waals surface area contributed by atoms with Gasteiger partial charge in [0.05, 0.1) is 5.92 Å². The van der Waals surface area contributed by atoms with Crippen LogP contribution >= 0.6 is 0 Å². The van der Waals surface area contributed by atoms with Crippen molar-refractivity contribution >= 4 is 11.8 Å². The fourth-order valence-corrected chi connectivity index (χ4v) is 1.85. The SMILES string of the molecule is CC(c1cccc(C(=O)c2ccccc2)c1)[13C](=O)O. The van der Waals surface area contributed by atoms with Crippen LogP contribution in [0.1, 0.15) is 34.3 Å². The van der Waals surface area contributed by atoms with E-state index in [0.29, 0.717) is 16.7 Å². The number of carboxylic acids is 1. The van der Waals surface area contributed by atoms with Crippen LogP contribution < -0.4 is 0 Å². The molecule has 2 rings (SSSR count). The third-order valence-electron chi connectivity index (χ3n) is 3.06. The van der Waals surface area contributed by atoms with Gasteiger partial charge in [-0.15, -0.1) is 0 Å².